The molecule has 0 unspecified atom stereocenters. The van der Waals surface area contributed by atoms with Gasteiger partial charge in [-0.3, -0.25) is 4.98 Å². The van der Waals surface area contributed by atoms with E-state index in [0.717, 1.165) is 25.3 Å². The number of nitrogens with one attached hydrogen (secondary N) is 1. The minimum absolute atomic E-state index is 0.610. The Morgan fingerprint density at radius 3 is 2.69 bits per heavy atom. The first kappa shape index (κ1) is 13.1. The van der Waals surface area contributed by atoms with Gasteiger partial charge in [0.05, 0.1) is 5.69 Å². The highest BCUT2D eigenvalue weighted by molar-refractivity contribution is 5.11. The summed E-state index contributed by atoms with van der Waals surface area (Å²) in [5.41, 5.74) is 2.32. The molecule has 1 heterocycles. The second-order valence-corrected chi connectivity index (χ2v) is 4.58. The molecule has 0 radical (unpaired) electrons. The predicted octanol–water partition coefficient (Wildman–Crippen LogP) is 1.82. The zero-order chi connectivity index (χ0) is 12.0. The Morgan fingerprint density at radius 2 is 2.12 bits per heavy atom. The standard InChI is InChI=1S/C13H23N3/c1-11(2)16(4)8-7-14-10-13-6-5-12(3)9-15-13/h5-6,9,11,14H,7-8,10H2,1-4H3. The molecule has 0 aromatic carbocycles. The van der Waals surface area contributed by atoms with Crippen molar-refractivity contribution >= 4 is 0 Å². The maximum atomic E-state index is 4.35. The molecule has 16 heavy (non-hydrogen) atoms. The summed E-state index contributed by atoms with van der Waals surface area (Å²) in [6.45, 7) is 9.41. The highest BCUT2D eigenvalue weighted by Crippen LogP contribution is 1.97. The lowest BCUT2D eigenvalue weighted by molar-refractivity contribution is 0.273. The lowest BCUT2D eigenvalue weighted by Crippen LogP contribution is -2.33. The molecule has 3 heteroatoms. The second-order valence-electron chi connectivity index (χ2n) is 4.58. The summed E-state index contributed by atoms with van der Waals surface area (Å²) >= 11 is 0. The molecular formula is C13H23N3. The number of hydrogen-bond acceptors (Lipinski definition) is 3. The van der Waals surface area contributed by atoms with E-state index >= 15 is 0 Å². The maximum Gasteiger partial charge on any atom is 0.0541 e. The largest absolute Gasteiger partial charge is 0.310 e. The number of hydrogen-bond donors (Lipinski definition) is 1. The van der Waals surface area contributed by atoms with E-state index in [1.54, 1.807) is 0 Å². The Morgan fingerprint density at radius 1 is 1.38 bits per heavy atom. The topological polar surface area (TPSA) is 28.2 Å². The van der Waals surface area contributed by atoms with E-state index in [4.69, 9.17) is 0 Å². The molecule has 0 saturated carbocycles. The van der Waals surface area contributed by atoms with Gasteiger partial charge in [0.1, 0.15) is 0 Å². The molecule has 1 aromatic heterocycles. The zero-order valence-corrected chi connectivity index (χ0v) is 10.8. The van der Waals surface area contributed by atoms with Crippen molar-refractivity contribution in [3.8, 4) is 0 Å². The summed E-state index contributed by atoms with van der Waals surface area (Å²) in [4.78, 5) is 6.68. The third-order valence-electron chi connectivity index (χ3n) is 2.80. The minimum Gasteiger partial charge on any atom is -0.310 e. The number of aromatic nitrogens is 1. The number of aryl methyl sites for hydroxylation is 1. The van der Waals surface area contributed by atoms with Crippen molar-refractivity contribution in [3.63, 3.8) is 0 Å². The van der Waals surface area contributed by atoms with E-state index in [1.165, 1.54) is 5.56 Å². The van der Waals surface area contributed by atoms with Crippen LogP contribution in [0.1, 0.15) is 25.1 Å². The summed E-state index contributed by atoms with van der Waals surface area (Å²) in [5.74, 6) is 0. The average molecular weight is 221 g/mol. The first-order valence-corrected chi connectivity index (χ1v) is 5.92. The first-order chi connectivity index (χ1) is 7.59. The molecule has 0 spiro atoms. The van der Waals surface area contributed by atoms with Crippen LogP contribution in [0.15, 0.2) is 18.3 Å². The fourth-order valence-electron chi connectivity index (χ4n) is 1.33. The van der Waals surface area contributed by atoms with Crippen LogP contribution in [0, 0.1) is 6.92 Å². The monoisotopic (exact) mass is 221 g/mol. The van der Waals surface area contributed by atoms with Gasteiger partial charge in [0.25, 0.3) is 0 Å². The van der Waals surface area contributed by atoms with E-state index in [-0.39, 0.29) is 0 Å². The van der Waals surface area contributed by atoms with Crippen LogP contribution in [-0.2, 0) is 6.54 Å². The molecule has 0 fully saturated rings. The number of rotatable bonds is 6. The summed E-state index contributed by atoms with van der Waals surface area (Å²) < 4.78 is 0. The molecule has 0 atom stereocenters. The molecule has 0 aliphatic carbocycles. The van der Waals surface area contributed by atoms with E-state index in [2.05, 4.69) is 55.2 Å². The molecule has 1 N–H and O–H groups in total. The van der Waals surface area contributed by atoms with Gasteiger partial charge in [-0.1, -0.05) is 6.07 Å². The van der Waals surface area contributed by atoms with Crippen LogP contribution in [0.25, 0.3) is 0 Å². The summed E-state index contributed by atoms with van der Waals surface area (Å²) in [7, 11) is 2.15. The Labute approximate surface area is 98.9 Å². The van der Waals surface area contributed by atoms with Crippen LogP contribution in [0.3, 0.4) is 0 Å². The van der Waals surface area contributed by atoms with Crippen LogP contribution < -0.4 is 5.32 Å². The van der Waals surface area contributed by atoms with Gasteiger partial charge in [0.2, 0.25) is 0 Å². The minimum atomic E-state index is 0.610. The summed E-state index contributed by atoms with van der Waals surface area (Å²) in [5, 5.41) is 3.40. The van der Waals surface area contributed by atoms with Crippen molar-refractivity contribution in [2.45, 2.75) is 33.4 Å². The Hall–Kier alpha value is -0.930. The van der Waals surface area contributed by atoms with Crippen LogP contribution >= 0.6 is 0 Å². The molecule has 3 nitrogen and oxygen atoms in total. The van der Waals surface area contributed by atoms with Crippen LogP contribution in [0.5, 0.6) is 0 Å². The van der Waals surface area contributed by atoms with E-state index < -0.39 is 0 Å². The predicted molar refractivity (Wildman–Crippen MR) is 68.4 cm³/mol. The van der Waals surface area contributed by atoms with Crippen molar-refractivity contribution in [1.82, 2.24) is 15.2 Å². The smallest absolute Gasteiger partial charge is 0.0541 e. The van der Waals surface area contributed by atoms with Gasteiger partial charge in [-0.25, -0.2) is 0 Å². The molecule has 0 saturated heterocycles. The van der Waals surface area contributed by atoms with Gasteiger partial charge in [-0.2, -0.15) is 0 Å². The number of nitrogens with zero attached hydrogens (tertiary/aromatic N) is 2. The summed E-state index contributed by atoms with van der Waals surface area (Å²) in [6.07, 6.45) is 1.91. The van der Waals surface area contributed by atoms with E-state index in [0.29, 0.717) is 6.04 Å². The van der Waals surface area contributed by atoms with Gasteiger partial charge in [-0.15, -0.1) is 0 Å². The van der Waals surface area contributed by atoms with E-state index in [9.17, 15) is 0 Å². The van der Waals surface area contributed by atoms with Gasteiger partial charge in [0.15, 0.2) is 0 Å². The van der Waals surface area contributed by atoms with Gasteiger partial charge in [-0.05, 0) is 39.4 Å². The molecule has 1 rings (SSSR count). The average Bonchev–Trinajstić information content (AvgIpc) is 2.26. The van der Waals surface area contributed by atoms with Crippen molar-refractivity contribution in [1.29, 1.82) is 0 Å². The molecule has 90 valence electrons. The quantitative estimate of drug-likeness (QED) is 0.743. The highest BCUT2D eigenvalue weighted by Gasteiger charge is 2.01. The molecule has 0 amide bonds. The Balaban J connectivity index is 2.18. The highest BCUT2D eigenvalue weighted by atomic mass is 15.1. The lowest BCUT2D eigenvalue weighted by Gasteiger charge is -2.20. The molecule has 0 aliphatic rings. The zero-order valence-electron chi connectivity index (χ0n) is 10.8. The third-order valence-corrected chi connectivity index (χ3v) is 2.80. The van der Waals surface area contributed by atoms with Crippen molar-refractivity contribution in [2.24, 2.45) is 0 Å². The molecule has 0 aliphatic heterocycles. The number of pyridine rings is 1. The van der Waals surface area contributed by atoms with Crippen LogP contribution in [-0.4, -0.2) is 36.1 Å². The Kier molecular flexibility index (Phi) is 5.43. The van der Waals surface area contributed by atoms with Crippen LogP contribution in [0.2, 0.25) is 0 Å². The molecule has 0 bridgehead atoms. The number of likely N-dealkylation sites (N-methyl/N-ethyl adjacent to an activating group) is 1. The van der Waals surface area contributed by atoms with Gasteiger partial charge in [0, 0.05) is 31.9 Å². The second kappa shape index (κ2) is 6.61. The fourth-order valence-corrected chi connectivity index (χ4v) is 1.33. The first-order valence-electron chi connectivity index (χ1n) is 5.92. The lowest BCUT2D eigenvalue weighted by atomic mass is 10.3. The van der Waals surface area contributed by atoms with Crippen molar-refractivity contribution < 1.29 is 0 Å². The fraction of sp³-hybridized carbons (Fsp3) is 0.615. The molecule has 1 aromatic rings. The van der Waals surface area contributed by atoms with Crippen molar-refractivity contribution in [3.05, 3.63) is 29.6 Å². The molecular weight excluding hydrogens is 198 g/mol. The maximum absolute atomic E-state index is 4.35. The van der Waals surface area contributed by atoms with Gasteiger partial charge < -0.3 is 10.2 Å². The third kappa shape index (κ3) is 4.73. The van der Waals surface area contributed by atoms with Crippen LogP contribution in [0.4, 0.5) is 0 Å². The van der Waals surface area contributed by atoms with E-state index in [1.807, 2.05) is 6.20 Å². The van der Waals surface area contributed by atoms with Gasteiger partial charge >= 0.3 is 0 Å². The Bertz CT molecular complexity index is 293. The van der Waals surface area contributed by atoms with Crippen molar-refractivity contribution in [2.75, 3.05) is 20.1 Å². The normalized spacial score (nSPS) is 11.4. The SMILES string of the molecule is Cc1ccc(CNCCN(C)C(C)C)nc1. The summed E-state index contributed by atoms with van der Waals surface area (Å²) in [6, 6.07) is 4.79.